The zero-order chi connectivity index (χ0) is 15.5. The van der Waals surface area contributed by atoms with Gasteiger partial charge in [0.25, 0.3) is 0 Å². The molecule has 0 heterocycles. The molecule has 0 rings (SSSR count). The highest BCUT2D eigenvalue weighted by Crippen LogP contribution is 2.14. The number of amides is 2. The molecule has 5 nitrogen and oxygen atoms in total. The maximum absolute atomic E-state index is 11.7. The van der Waals surface area contributed by atoms with Crippen molar-refractivity contribution in [3.63, 3.8) is 0 Å². The van der Waals surface area contributed by atoms with Gasteiger partial charge in [-0.3, -0.25) is 4.79 Å². The third-order valence-electron chi connectivity index (χ3n) is 2.77. The monoisotopic (exact) mass is 304 g/mol. The van der Waals surface area contributed by atoms with Gasteiger partial charge in [-0.05, 0) is 30.9 Å². The lowest BCUT2D eigenvalue weighted by Gasteiger charge is -2.19. The minimum Gasteiger partial charge on any atom is -0.481 e. The number of carbonyl (C=O) groups is 2. The van der Waals surface area contributed by atoms with Crippen LogP contribution in [0.4, 0.5) is 4.79 Å². The lowest BCUT2D eigenvalue weighted by atomic mass is 9.94. The second-order valence-corrected chi connectivity index (χ2v) is 6.83. The predicted molar refractivity (Wildman–Crippen MR) is 84.2 cm³/mol. The van der Waals surface area contributed by atoms with Crippen LogP contribution < -0.4 is 10.6 Å². The molecule has 0 fully saturated rings. The smallest absolute Gasteiger partial charge is 0.315 e. The number of hydrogen-bond acceptors (Lipinski definition) is 3. The van der Waals surface area contributed by atoms with Gasteiger partial charge in [-0.2, -0.15) is 11.8 Å². The van der Waals surface area contributed by atoms with Gasteiger partial charge in [0.05, 0.1) is 0 Å². The van der Waals surface area contributed by atoms with Gasteiger partial charge in [-0.1, -0.05) is 20.8 Å². The molecular weight excluding hydrogens is 276 g/mol. The van der Waals surface area contributed by atoms with Crippen molar-refractivity contribution in [1.29, 1.82) is 0 Å². The zero-order valence-corrected chi connectivity index (χ0v) is 13.8. The molecule has 0 aliphatic heterocycles. The molecule has 0 spiro atoms. The number of rotatable bonds is 10. The Morgan fingerprint density at radius 2 is 1.90 bits per heavy atom. The van der Waals surface area contributed by atoms with E-state index in [0.717, 1.165) is 17.9 Å². The Kier molecular flexibility index (Phi) is 10.3. The van der Waals surface area contributed by atoms with Gasteiger partial charge in [0, 0.05) is 24.8 Å². The zero-order valence-electron chi connectivity index (χ0n) is 12.9. The normalized spacial score (nSPS) is 13.8. The van der Waals surface area contributed by atoms with Gasteiger partial charge in [-0.15, -0.1) is 0 Å². The third kappa shape index (κ3) is 11.0. The maximum Gasteiger partial charge on any atom is 0.315 e. The molecule has 0 aromatic heterocycles. The van der Waals surface area contributed by atoms with Gasteiger partial charge >= 0.3 is 12.0 Å². The first-order chi connectivity index (χ1) is 9.35. The van der Waals surface area contributed by atoms with E-state index in [1.54, 1.807) is 11.8 Å². The van der Waals surface area contributed by atoms with E-state index in [4.69, 9.17) is 5.11 Å². The second-order valence-electron chi connectivity index (χ2n) is 5.51. The Hall–Kier alpha value is -0.910. The van der Waals surface area contributed by atoms with E-state index in [9.17, 15) is 9.59 Å². The number of carbonyl (C=O) groups excluding carboxylic acids is 1. The van der Waals surface area contributed by atoms with Gasteiger partial charge in [-0.25, -0.2) is 4.79 Å². The highest BCUT2D eigenvalue weighted by Gasteiger charge is 2.16. The van der Waals surface area contributed by atoms with Crippen molar-refractivity contribution in [2.24, 2.45) is 11.8 Å². The van der Waals surface area contributed by atoms with Crippen LogP contribution in [0.25, 0.3) is 0 Å². The summed E-state index contributed by atoms with van der Waals surface area (Å²) in [6.07, 6.45) is 0.896. The molecule has 0 aliphatic carbocycles. The molecule has 3 N–H and O–H groups in total. The Balaban J connectivity index is 4.06. The number of aliphatic carboxylic acids is 1. The largest absolute Gasteiger partial charge is 0.481 e. The standard InChI is InChI=1S/C14H28N2O3S/c1-5-20-9-11(4)16-14(19)15-8-12(6-10(2)3)7-13(17)18/h10-12H,5-9H2,1-4H3,(H,17,18)(H2,15,16,19). The molecule has 118 valence electrons. The number of urea groups is 1. The molecular formula is C14H28N2O3S. The molecule has 20 heavy (non-hydrogen) atoms. The summed E-state index contributed by atoms with van der Waals surface area (Å²) in [6, 6.07) is -0.101. The van der Waals surface area contributed by atoms with E-state index in [1.165, 1.54) is 0 Å². The SMILES string of the molecule is CCSCC(C)NC(=O)NCC(CC(=O)O)CC(C)C. The highest BCUT2D eigenvalue weighted by atomic mass is 32.2. The Morgan fingerprint density at radius 3 is 2.40 bits per heavy atom. The number of carboxylic acids is 1. The lowest BCUT2D eigenvalue weighted by Crippen LogP contribution is -2.43. The molecule has 0 aliphatic rings. The van der Waals surface area contributed by atoms with E-state index < -0.39 is 5.97 Å². The van der Waals surface area contributed by atoms with Crippen molar-refractivity contribution in [2.45, 2.75) is 46.6 Å². The molecule has 0 aromatic carbocycles. The molecule has 2 amide bonds. The van der Waals surface area contributed by atoms with E-state index in [1.807, 2.05) is 6.92 Å². The van der Waals surface area contributed by atoms with Crippen molar-refractivity contribution in [3.8, 4) is 0 Å². The first kappa shape index (κ1) is 19.1. The van der Waals surface area contributed by atoms with Crippen LogP contribution in [0.2, 0.25) is 0 Å². The summed E-state index contributed by atoms with van der Waals surface area (Å²) in [7, 11) is 0. The minimum absolute atomic E-state index is 0.0152. The average Bonchev–Trinajstić information content (AvgIpc) is 2.32. The number of nitrogens with one attached hydrogen (secondary N) is 2. The van der Waals surface area contributed by atoms with Crippen molar-refractivity contribution in [1.82, 2.24) is 10.6 Å². The second kappa shape index (κ2) is 10.8. The summed E-state index contributed by atoms with van der Waals surface area (Å²) in [6.45, 7) is 8.56. The summed E-state index contributed by atoms with van der Waals surface area (Å²) < 4.78 is 0. The average molecular weight is 304 g/mol. The van der Waals surface area contributed by atoms with Crippen molar-refractivity contribution < 1.29 is 14.7 Å². The van der Waals surface area contributed by atoms with Crippen LogP contribution in [0, 0.1) is 11.8 Å². The van der Waals surface area contributed by atoms with Crippen LogP contribution in [0.15, 0.2) is 0 Å². The Labute approximate surface area is 126 Å². The summed E-state index contributed by atoms with van der Waals surface area (Å²) in [5.74, 6) is 1.50. The van der Waals surface area contributed by atoms with E-state index in [2.05, 4.69) is 31.4 Å². The van der Waals surface area contributed by atoms with Crippen LogP contribution in [0.5, 0.6) is 0 Å². The van der Waals surface area contributed by atoms with Crippen LogP contribution in [-0.4, -0.2) is 41.2 Å². The van der Waals surface area contributed by atoms with Crippen LogP contribution in [-0.2, 0) is 4.79 Å². The lowest BCUT2D eigenvalue weighted by molar-refractivity contribution is -0.138. The highest BCUT2D eigenvalue weighted by molar-refractivity contribution is 7.99. The van der Waals surface area contributed by atoms with Crippen molar-refractivity contribution in [2.75, 3.05) is 18.1 Å². The first-order valence-electron chi connectivity index (χ1n) is 7.19. The van der Waals surface area contributed by atoms with E-state index >= 15 is 0 Å². The van der Waals surface area contributed by atoms with Gasteiger partial charge in [0.2, 0.25) is 0 Å². The molecule has 0 bridgehead atoms. The molecule has 6 heteroatoms. The van der Waals surface area contributed by atoms with Crippen LogP contribution in [0.3, 0.4) is 0 Å². The fourth-order valence-corrected chi connectivity index (χ4v) is 2.67. The summed E-state index contributed by atoms with van der Waals surface area (Å²) in [5.41, 5.74) is 0. The van der Waals surface area contributed by atoms with Crippen molar-refractivity contribution >= 4 is 23.8 Å². The van der Waals surface area contributed by atoms with E-state index in [-0.39, 0.29) is 24.4 Å². The van der Waals surface area contributed by atoms with Crippen LogP contribution in [0.1, 0.15) is 40.5 Å². The molecule has 2 unspecified atom stereocenters. The molecule has 0 saturated heterocycles. The van der Waals surface area contributed by atoms with Gasteiger partial charge in [0.1, 0.15) is 0 Å². The fourth-order valence-electron chi connectivity index (χ4n) is 2.00. The predicted octanol–water partition coefficient (Wildman–Crippen LogP) is 2.56. The number of hydrogen-bond donors (Lipinski definition) is 3. The minimum atomic E-state index is -0.814. The molecule has 0 radical (unpaired) electrons. The van der Waals surface area contributed by atoms with Gasteiger partial charge < -0.3 is 15.7 Å². The van der Waals surface area contributed by atoms with Gasteiger partial charge in [0.15, 0.2) is 0 Å². The molecule has 0 aromatic rings. The molecule has 2 atom stereocenters. The number of thioether (sulfide) groups is 1. The maximum atomic E-state index is 11.7. The number of carboxylic acid groups (broad SMARTS) is 1. The Morgan fingerprint density at radius 1 is 1.25 bits per heavy atom. The summed E-state index contributed by atoms with van der Waals surface area (Å²) >= 11 is 1.78. The van der Waals surface area contributed by atoms with Crippen LogP contribution >= 0.6 is 11.8 Å². The van der Waals surface area contributed by atoms with Crippen molar-refractivity contribution in [3.05, 3.63) is 0 Å². The fraction of sp³-hybridized carbons (Fsp3) is 0.857. The Bertz CT molecular complexity index is 298. The van der Waals surface area contributed by atoms with E-state index in [0.29, 0.717) is 12.5 Å². The summed E-state index contributed by atoms with van der Waals surface area (Å²) in [5, 5.41) is 14.5. The molecule has 0 saturated carbocycles. The quantitative estimate of drug-likeness (QED) is 0.579. The summed E-state index contributed by atoms with van der Waals surface area (Å²) in [4.78, 5) is 22.5. The first-order valence-corrected chi connectivity index (χ1v) is 8.34. The topological polar surface area (TPSA) is 78.4 Å². The third-order valence-corrected chi connectivity index (χ3v) is 3.91.